The summed E-state index contributed by atoms with van der Waals surface area (Å²) in [6.07, 6.45) is 3.32. The second kappa shape index (κ2) is 7.17. The van der Waals surface area contributed by atoms with Crippen molar-refractivity contribution in [1.82, 2.24) is 20.0 Å². The molecule has 2 heterocycles. The van der Waals surface area contributed by atoms with E-state index in [0.29, 0.717) is 17.7 Å². The predicted octanol–water partition coefficient (Wildman–Crippen LogP) is 0.973. The lowest BCUT2D eigenvalue weighted by molar-refractivity contribution is 0.180. The van der Waals surface area contributed by atoms with Crippen LogP contribution in [0.3, 0.4) is 0 Å². The molecule has 26 heavy (non-hydrogen) atoms. The second-order valence-corrected chi connectivity index (χ2v) is 8.47. The van der Waals surface area contributed by atoms with E-state index in [1.807, 2.05) is 6.07 Å². The third kappa shape index (κ3) is 4.03. The van der Waals surface area contributed by atoms with E-state index in [-0.39, 0.29) is 24.1 Å². The number of aromatic nitrogens is 2. The number of sulfone groups is 1. The van der Waals surface area contributed by atoms with E-state index in [9.17, 15) is 13.2 Å². The number of nitriles is 1. The number of nitrogens with one attached hydrogen (secondary N) is 1. The molecule has 1 fully saturated rings. The molecular weight excluding hydrogens is 354 g/mol. The van der Waals surface area contributed by atoms with Crippen LogP contribution in [0.25, 0.3) is 0 Å². The summed E-state index contributed by atoms with van der Waals surface area (Å²) in [5.41, 5.74) is 2.11. The Labute approximate surface area is 151 Å². The second-order valence-electron chi connectivity index (χ2n) is 6.24. The molecule has 3 rings (SSSR count). The Bertz CT molecular complexity index is 944. The standard InChI is InChI=1S/C17H19N5O3S/c1-21-11-15(10-20-21)16-12-26(24,25)7-6-22(16)17(23)19-9-14-4-2-13(8-18)3-5-14/h2-5,10-11,16H,6-7,9,12H2,1H3,(H,19,23)/t16-/m1/s1. The smallest absolute Gasteiger partial charge is 0.318 e. The van der Waals surface area contributed by atoms with Gasteiger partial charge in [-0.05, 0) is 17.7 Å². The van der Waals surface area contributed by atoms with Crippen LogP contribution < -0.4 is 5.32 Å². The van der Waals surface area contributed by atoms with Crippen molar-refractivity contribution in [2.75, 3.05) is 18.1 Å². The topological polar surface area (TPSA) is 108 Å². The minimum absolute atomic E-state index is 0.0476. The van der Waals surface area contributed by atoms with E-state index in [1.165, 1.54) is 0 Å². The molecule has 0 aliphatic carbocycles. The highest BCUT2D eigenvalue weighted by Crippen LogP contribution is 2.26. The zero-order valence-electron chi connectivity index (χ0n) is 14.3. The minimum atomic E-state index is -3.20. The quantitative estimate of drug-likeness (QED) is 0.862. The molecule has 8 nitrogen and oxygen atoms in total. The Kier molecular flexibility index (Phi) is 4.95. The number of nitrogens with zero attached hydrogens (tertiary/aromatic N) is 4. The maximum Gasteiger partial charge on any atom is 0.318 e. The number of benzene rings is 1. The summed E-state index contributed by atoms with van der Waals surface area (Å²) < 4.78 is 25.7. The van der Waals surface area contributed by atoms with Gasteiger partial charge in [0.2, 0.25) is 0 Å². The highest BCUT2D eigenvalue weighted by molar-refractivity contribution is 7.91. The van der Waals surface area contributed by atoms with E-state index >= 15 is 0 Å². The molecule has 0 bridgehead atoms. The first-order valence-corrected chi connectivity index (χ1v) is 9.92. The Morgan fingerprint density at radius 2 is 2.12 bits per heavy atom. The molecule has 1 N–H and O–H groups in total. The number of rotatable bonds is 3. The normalized spacial score (nSPS) is 18.9. The average Bonchev–Trinajstić information content (AvgIpc) is 3.05. The molecular formula is C17H19N5O3S. The Morgan fingerprint density at radius 1 is 1.38 bits per heavy atom. The maximum absolute atomic E-state index is 12.6. The number of aryl methyl sites for hydroxylation is 1. The molecule has 0 radical (unpaired) electrons. The number of hydrogen-bond acceptors (Lipinski definition) is 5. The van der Waals surface area contributed by atoms with Crippen molar-refractivity contribution in [3.8, 4) is 6.07 Å². The highest BCUT2D eigenvalue weighted by atomic mass is 32.2. The van der Waals surface area contributed by atoms with Crippen molar-refractivity contribution in [1.29, 1.82) is 5.26 Å². The molecule has 1 aliphatic heterocycles. The Hall–Kier alpha value is -2.86. The van der Waals surface area contributed by atoms with Gasteiger partial charge in [0.25, 0.3) is 0 Å². The monoisotopic (exact) mass is 373 g/mol. The van der Waals surface area contributed by atoms with E-state index in [1.54, 1.807) is 53.3 Å². The molecule has 1 saturated heterocycles. The fourth-order valence-electron chi connectivity index (χ4n) is 2.91. The van der Waals surface area contributed by atoms with Gasteiger partial charge in [0.1, 0.15) is 0 Å². The van der Waals surface area contributed by atoms with Crippen molar-refractivity contribution in [3.63, 3.8) is 0 Å². The summed E-state index contributed by atoms with van der Waals surface area (Å²) in [6.45, 7) is 0.439. The largest absolute Gasteiger partial charge is 0.334 e. The summed E-state index contributed by atoms with van der Waals surface area (Å²) in [7, 11) is -1.46. The van der Waals surface area contributed by atoms with Crippen LogP contribution in [0, 0.1) is 11.3 Å². The summed E-state index contributed by atoms with van der Waals surface area (Å²) in [4.78, 5) is 14.2. The number of carbonyl (C=O) groups excluding carboxylic acids is 1. The van der Waals surface area contributed by atoms with Crippen molar-refractivity contribution in [2.45, 2.75) is 12.6 Å². The average molecular weight is 373 g/mol. The first kappa shape index (κ1) is 17.9. The molecule has 9 heteroatoms. The molecule has 1 aromatic heterocycles. The van der Waals surface area contributed by atoms with E-state index in [0.717, 1.165) is 5.56 Å². The van der Waals surface area contributed by atoms with Gasteiger partial charge in [-0.1, -0.05) is 12.1 Å². The van der Waals surface area contributed by atoms with Crippen LogP contribution in [0.15, 0.2) is 36.7 Å². The van der Waals surface area contributed by atoms with Gasteiger partial charge in [0.15, 0.2) is 9.84 Å². The lowest BCUT2D eigenvalue weighted by Crippen LogP contribution is -2.49. The van der Waals surface area contributed by atoms with Crippen LogP contribution in [0.4, 0.5) is 4.79 Å². The third-order valence-electron chi connectivity index (χ3n) is 4.33. The Balaban J connectivity index is 1.72. The van der Waals surface area contributed by atoms with Gasteiger partial charge < -0.3 is 10.2 Å². The fourth-order valence-corrected chi connectivity index (χ4v) is 4.41. The first-order chi connectivity index (χ1) is 12.4. The molecule has 2 aromatic rings. The lowest BCUT2D eigenvalue weighted by atomic mass is 10.1. The number of urea groups is 1. The van der Waals surface area contributed by atoms with E-state index in [4.69, 9.17) is 5.26 Å². The van der Waals surface area contributed by atoms with Gasteiger partial charge >= 0.3 is 6.03 Å². The molecule has 1 atom stereocenters. The van der Waals surface area contributed by atoms with Crippen LogP contribution in [0.1, 0.15) is 22.7 Å². The summed E-state index contributed by atoms with van der Waals surface area (Å²) in [5, 5.41) is 15.7. The maximum atomic E-state index is 12.6. The van der Waals surface area contributed by atoms with Crippen LogP contribution in [-0.2, 0) is 23.4 Å². The molecule has 136 valence electrons. The third-order valence-corrected chi connectivity index (χ3v) is 5.96. The summed E-state index contributed by atoms with van der Waals surface area (Å²) >= 11 is 0. The van der Waals surface area contributed by atoms with Crippen molar-refractivity contribution in [2.24, 2.45) is 7.05 Å². The van der Waals surface area contributed by atoms with E-state index < -0.39 is 15.9 Å². The summed E-state index contributed by atoms with van der Waals surface area (Å²) in [5.74, 6) is -0.156. The fraction of sp³-hybridized carbons (Fsp3) is 0.353. The lowest BCUT2D eigenvalue weighted by Gasteiger charge is -2.35. The van der Waals surface area contributed by atoms with Gasteiger partial charge in [-0.25, -0.2) is 13.2 Å². The molecule has 2 amide bonds. The summed E-state index contributed by atoms with van der Waals surface area (Å²) in [6, 6.07) is 8.10. The molecule has 0 saturated carbocycles. The zero-order valence-corrected chi connectivity index (χ0v) is 15.1. The van der Waals surface area contributed by atoms with Crippen molar-refractivity contribution < 1.29 is 13.2 Å². The zero-order chi connectivity index (χ0) is 18.7. The van der Waals surface area contributed by atoms with E-state index in [2.05, 4.69) is 10.4 Å². The van der Waals surface area contributed by atoms with Crippen LogP contribution in [0.2, 0.25) is 0 Å². The van der Waals surface area contributed by atoms with Gasteiger partial charge in [0.05, 0.1) is 35.4 Å². The molecule has 1 aliphatic rings. The minimum Gasteiger partial charge on any atom is -0.334 e. The van der Waals surface area contributed by atoms with Crippen molar-refractivity contribution >= 4 is 15.9 Å². The number of hydrogen-bond donors (Lipinski definition) is 1. The van der Waals surface area contributed by atoms with Crippen LogP contribution in [0.5, 0.6) is 0 Å². The van der Waals surface area contributed by atoms with Gasteiger partial charge in [-0.3, -0.25) is 4.68 Å². The van der Waals surface area contributed by atoms with Crippen molar-refractivity contribution in [3.05, 3.63) is 53.3 Å². The highest BCUT2D eigenvalue weighted by Gasteiger charge is 2.35. The van der Waals surface area contributed by atoms with Crippen LogP contribution in [-0.4, -0.2) is 47.2 Å². The Morgan fingerprint density at radius 3 is 2.73 bits per heavy atom. The van der Waals surface area contributed by atoms with Crippen LogP contribution >= 0.6 is 0 Å². The predicted molar refractivity (Wildman–Crippen MR) is 94.7 cm³/mol. The van der Waals surface area contributed by atoms with Gasteiger partial charge in [-0.2, -0.15) is 10.4 Å². The van der Waals surface area contributed by atoms with Gasteiger partial charge in [0, 0.05) is 31.9 Å². The molecule has 0 unspecified atom stereocenters. The first-order valence-electron chi connectivity index (χ1n) is 8.10. The van der Waals surface area contributed by atoms with Gasteiger partial charge in [-0.15, -0.1) is 0 Å². The number of amides is 2. The number of carbonyl (C=O) groups is 1. The molecule has 1 aromatic carbocycles. The molecule has 0 spiro atoms. The SMILES string of the molecule is Cn1cc([C@H]2CS(=O)(=O)CCN2C(=O)NCc2ccc(C#N)cc2)cn1.